The van der Waals surface area contributed by atoms with Crippen molar-refractivity contribution in [2.24, 2.45) is 0 Å². The predicted octanol–water partition coefficient (Wildman–Crippen LogP) is 5.27. The Bertz CT molecular complexity index is 1060. The number of rotatable bonds is 7. The van der Waals surface area contributed by atoms with Crippen LogP contribution in [0.1, 0.15) is 45.0 Å². The molecule has 1 fully saturated rings. The number of fused-ring (bicyclic) bond motifs is 1. The van der Waals surface area contributed by atoms with Gasteiger partial charge in [0.25, 0.3) is 5.91 Å². The fraction of sp³-hybridized carbons (Fsp3) is 0.417. The van der Waals surface area contributed by atoms with E-state index >= 15 is 0 Å². The first kappa shape index (κ1) is 21.7. The molecule has 0 unspecified atom stereocenters. The number of nitrogens with zero attached hydrogens (tertiary/aromatic N) is 3. The molecule has 0 atom stereocenters. The Morgan fingerprint density at radius 1 is 1.16 bits per heavy atom. The molecule has 7 heteroatoms. The molecular weight excluding hydrogens is 412 g/mol. The summed E-state index contributed by atoms with van der Waals surface area (Å²) in [7, 11) is 0. The summed E-state index contributed by atoms with van der Waals surface area (Å²) < 4.78 is 7.83. The Kier molecular flexibility index (Phi) is 6.78. The van der Waals surface area contributed by atoms with Crippen LogP contribution < -0.4 is 10.1 Å². The van der Waals surface area contributed by atoms with E-state index in [2.05, 4.69) is 28.6 Å². The molecule has 3 aromatic rings. The number of hydrogen-bond acceptors (Lipinski definition) is 4. The number of para-hydroxylation sites is 1. The molecular formula is C24H29ClN4O2. The highest BCUT2D eigenvalue weighted by Gasteiger charge is 2.18. The molecule has 31 heavy (non-hydrogen) atoms. The lowest BCUT2D eigenvalue weighted by atomic mass is 10.1. The highest BCUT2D eigenvalue weighted by atomic mass is 35.5. The molecule has 0 bridgehead atoms. The average molecular weight is 441 g/mol. The lowest BCUT2D eigenvalue weighted by Gasteiger charge is -2.26. The van der Waals surface area contributed by atoms with Gasteiger partial charge in [-0.3, -0.25) is 9.69 Å². The standard InChI is InChI=1S/C24H29ClN4O2/c1-17(2)29-21-11-10-18(26-24(30)16-31-22-9-5-4-8-19(22)25)14-20(21)27-23(29)15-28-12-6-3-7-13-28/h4-5,8-11,14,17H,3,6-7,12-13,15-16H2,1-2H3,(H,26,30). The number of hydrogen-bond donors (Lipinski definition) is 1. The molecule has 0 radical (unpaired) electrons. The molecule has 2 aromatic carbocycles. The van der Waals surface area contributed by atoms with Crippen molar-refractivity contribution < 1.29 is 9.53 Å². The fourth-order valence-electron chi connectivity index (χ4n) is 4.13. The van der Waals surface area contributed by atoms with E-state index in [1.54, 1.807) is 12.1 Å². The molecule has 0 spiro atoms. The van der Waals surface area contributed by atoms with Crippen molar-refractivity contribution in [3.63, 3.8) is 0 Å². The summed E-state index contributed by atoms with van der Waals surface area (Å²) in [5, 5.41) is 3.38. The van der Waals surface area contributed by atoms with Crippen LogP contribution in [-0.4, -0.2) is 40.1 Å². The molecule has 2 heterocycles. The van der Waals surface area contributed by atoms with E-state index in [0.29, 0.717) is 22.5 Å². The number of nitrogens with one attached hydrogen (secondary N) is 1. The number of ether oxygens (including phenoxy) is 1. The Balaban J connectivity index is 1.48. The largest absolute Gasteiger partial charge is 0.482 e. The van der Waals surface area contributed by atoms with Gasteiger partial charge in [-0.25, -0.2) is 4.98 Å². The first-order valence-corrected chi connectivity index (χ1v) is 11.3. The van der Waals surface area contributed by atoms with Gasteiger partial charge in [0.1, 0.15) is 11.6 Å². The Morgan fingerprint density at radius 2 is 1.94 bits per heavy atom. The van der Waals surface area contributed by atoms with Gasteiger partial charge in [-0.1, -0.05) is 30.2 Å². The summed E-state index contributed by atoms with van der Waals surface area (Å²) in [6.45, 7) is 7.38. The van der Waals surface area contributed by atoms with E-state index in [0.717, 1.165) is 36.5 Å². The number of piperidine rings is 1. The van der Waals surface area contributed by atoms with Gasteiger partial charge in [-0.2, -0.15) is 0 Å². The van der Waals surface area contributed by atoms with Crippen LogP contribution in [-0.2, 0) is 11.3 Å². The summed E-state index contributed by atoms with van der Waals surface area (Å²) in [6.07, 6.45) is 3.84. The van der Waals surface area contributed by atoms with Crippen molar-refractivity contribution in [3.8, 4) is 5.75 Å². The van der Waals surface area contributed by atoms with Gasteiger partial charge in [0.2, 0.25) is 0 Å². The van der Waals surface area contributed by atoms with Gasteiger partial charge in [0, 0.05) is 11.7 Å². The Labute approximate surface area is 188 Å². The fourth-order valence-corrected chi connectivity index (χ4v) is 4.32. The Morgan fingerprint density at radius 3 is 2.68 bits per heavy atom. The van der Waals surface area contributed by atoms with Gasteiger partial charge >= 0.3 is 0 Å². The van der Waals surface area contributed by atoms with Crippen LogP contribution in [0.15, 0.2) is 42.5 Å². The number of imidazole rings is 1. The van der Waals surface area contributed by atoms with E-state index < -0.39 is 0 Å². The van der Waals surface area contributed by atoms with Crippen LogP contribution >= 0.6 is 11.6 Å². The van der Waals surface area contributed by atoms with Crippen molar-refractivity contribution in [3.05, 3.63) is 53.3 Å². The van der Waals surface area contributed by atoms with Gasteiger partial charge in [0.05, 0.1) is 22.6 Å². The molecule has 164 valence electrons. The highest BCUT2D eigenvalue weighted by molar-refractivity contribution is 6.32. The van der Waals surface area contributed by atoms with Gasteiger partial charge < -0.3 is 14.6 Å². The van der Waals surface area contributed by atoms with Crippen molar-refractivity contribution in [1.29, 1.82) is 0 Å². The second-order valence-electron chi connectivity index (χ2n) is 8.30. The number of amides is 1. The van der Waals surface area contributed by atoms with Crippen LogP contribution in [0.5, 0.6) is 5.75 Å². The third kappa shape index (κ3) is 5.20. The lowest BCUT2D eigenvalue weighted by molar-refractivity contribution is -0.118. The van der Waals surface area contributed by atoms with Gasteiger partial charge in [-0.05, 0) is 70.1 Å². The second kappa shape index (κ2) is 9.71. The monoisotopic (exact) mass is 440 g/mol. The van der Waals surface area contributed by atoms with Crippen LogP contribution in [0.25, 0.3) is 11.0 Å². The van der Waals surface area contributed by atoms with Crippen molar-refractivity contribution in [2.75, 3.05) is 25.0 Å². The molecule has 1 N–H and O–H groups in total. The highest BCUT2D eigenvalue weighted by Crippen LogP contribution is 2.26. The van der Waals surface area contributed by atoms with Crippen LogP contribution in [0.3, 0.4) is 0 Å². The van der Waals surface area contributed by atoms with Crippen LogP contribution in [0.4, 0.5) is 5.69 Å². The van der Waals surface area contributed by atoms with Gasteiger partial charge in [0.15, 0.2) is 6.61 Å². The van der Waals surface area contributed by atoms with E-state index in [-0.39, 0.29) is 12.5 Å². The number of benzene rings is 2. The van der Waals surface area contributed by atoms with Gasteiger partial charge in [-0.15, -0.1) is 0 Å². The molecule has 6 nitrogen and oxygen atoms in total. The number of aromatic nitrogens is 2. The predicted molar refractivity (Wildman–Crippen MR) is 125 cm³/mol. The quantitative estimate of drug-likeness (QED) is 0.543. The summed E-state index contributed by atoms with van der Waals surface area (Å²) in [4.78, 5) is 19.8. The zero-order valence-electron chi connectivity index (χ0n) is 18.1. The molecule has 1 aliphatic heterocycles. The van der Waals surface area contributed by atoms with E-state index in [4.69, 9.17) is 21.3 Å². The van der Waals surface area contributed by atoms with Crippen molar-refractivity contribution >= 4 is 34.2 Å². The number of likely N-dealkylation sites (tertiary alicyclic amines) is 1. The smallest absolute Gasteiger partial charge is 0.262 e. The van der Waals surface area contributed by atoms with Crippen LogP contribution in [0, 0.1) is 0 Å². The normalized spacial score (nSPS) is 14.8. The van der Waals surface area contributed by atoms with E-state index in [1.165, 1.54) is 19.3 Å². The molecule has 1 aromatic heterocycles. The maximum absolute atomic E-state index is 12.4. The number of carbonyl (C=O) groups is 1. The minimum absolute atomic E-state index is 0.109. The SMILES string of the molecule is CC(C)n1c(CN2CCCCC2)nc2cc(NC(=O)COc3ccccc3Cl)ccc21. The molecule has 1 amide bonds. The number of anilines is 1. The van der Waals surface area contributed by atoms with E-state index in [9.17, 15) is 4.79 Å². The van der Waals surface area contributed by atoms with Crippen LogP contribution in [0.2, 0.25) is 5.02 Å². The van der Waals surface area contributed by atoms with E-state index in [1.807, 2.05) is 30.3 Å². The zero-order valence-corrected chi connectivity index (χ0v) is 18.9. The third-order valence-corrected chi connectivity index (χ3v) is 5.88. The minimum atomic E-state index is -0.240. The summed E-state index contributed by atoms with van der Waals surface area (Å²) in [5.41, 5.74) is 2.69. The molecule has 0 aliphatic carbocycles. The lowest BCUT2D eigenvalue weighted by Crippen LogP contribution is -2.30. The topological polar surface area (TPSA) is 59.4 Å². The molecule has 0 saturated carbocycles. The first-order chi connectivity index (χ1) is 15.0. The van der Waals surface area contributed by atoms with Crippen molar-refractivity contribution in [2.45, 2.75) is 45.7 Å². The molecule has 1 saturated heterocycles. The second-order valence-corrected chi connectivity index (χ2v) is 8.71. The third-order valence-electron chi connectivity index (χ3n) is 5.57. The minimum Gasteiger partial charge on any atom is -0.482 e. The van der Waals surface area contributed by atoms with Crippen molar-refractivity contribution in [1.82, 2.24) is 14.5 Å². The molecule has 4 rings (SSSR count). The first-order valence-electron chi connectivity index (χ1n) is 10.9. The summed E-state index contributed by atoms with van der Waals surface area (Å²) >= 11 is 6.07. The maximum Gasteiger partial charge on any atom is 0.262 e. The average Bonchev–Trinajstić information content (AvgIpc) is 3.11. The summed E-state index contributed by atoms with van der Waals surface area (Å²) in [6, 6.07) is 13.3. The number of carbonyl (C=O) groups excluding carboxylic acids is 1. The number of halogens is 1. The Hall–Kier alpha value is -2.57. The maximum atomic E-state index is 12.4. The zero-order chi connectivity index (χ0) is 21.8. The molecule has 1 aliphatic rings. The summed E-state index contributed by atoms with van der Waals surface area (Å²) in [5.74, 6) is 1.33.